The summed E-state index contributed by atoms with van der Waals surface area (Å²) in [5, 5.41) is 0. The zero-order valence-corrected chi connectivity index (χ0v) is 21.5. The number of hydrogen-bond acceptors (Lipinski definition) is 6. The predicted octanol–water partition coefficient (Wildman–Crippen LogP) is 7.03. The van der Waals surface area contributed by atoms with Crippen molar-refractivity contribution in [1.29, 1.82) is 0 Å². The molecule has 5 rings (SSSR count). The lowest BCUT2D eigenvalue weighted by Crippen LogP contribution is -2.17. The minimum atomic E-state index is 0.246. The van der Waals surface area contributed by atoms with Gasteiger partial charge in [-0.1, -0.05) is 12.1 Å². The minimum absolute atomic E-state index is 0.246. The average Bonchev–Trinajstić information content (AvgIpc) is 3.45. The summed E-state index contributed by atoms with van der Waals surface area (Å²) in [5.74, 6) is 2.34. The smallest absolute Gasteiger partial charge is 0.163 e. The second kappa shape index (κ2) is 11.8. The number of aromatic nitrogens is 2. The number of nitrogens with zero attached hydrogens (tertiary/aromatic N) is 3. The van der Waals surface area contributed by atoms with Gasteiger partial charge in [-0.15, -0.1) is 0 Å². The third-order valence-corrected chi connectivity index (χ3v) is 6.60. The van der Waals surface area contributed by atoms with Crippen molar-refractivity contribution < 1.29 is 14.2 Å². The van der Waals surface area contributed by atoms with Crippen LogP contribution in [0.4, 0.5) is 11.4 Å². The Morgan fingerprint density at radius 3 is 2.43 bits per heavy atom. The fraction of sp³-hybridized carbons (Fsp3) is 0.290. The van der Waals surface area contributed by atoms with Gasteiger partial charge in [-0.05, 0) is 92.8 Å². The standard InChI is InChI=1S/C31H33N3O3/c1-23-7-5-9-25(33-23)22-36-28-15-12-26(13-16-28)34(21-24-8-6-18-32-20-24)27-14-17-30(35-2)31(19-27)37-29-10-3-4-11-29/h5-9,12-20,29H,3-4,10-11,21-22H2,1-2H3. The van der Waals surface area contributed by atoms with Crippen molar-refractivity contribution in [2.24, 2.45) is 0 Å². The maximum atomic E-state index is 6.39. The van der Waals surface area contributed by atoms with Crippen LogP contribution in [0.15, 0.2) is 85.2 Å². The summed E-state index contributed by atoms with van der Waals surface area (Å²) in [6, 6.07) is 24.3. The quantitative estimate of drug-likeness (QED) is 0.235. The summed E-state index contributed by atoms with van der Waals surface area (Å²) in [6.45, 7) is 3.08. The van der Waals surface area contributed by atoms with E-state index in [0.717, 1.165) is 58.4 Å². The molecule has 0 bridgehead atoms. The highest BCUT2D eigenvalue weighted by molar-refractivity contribution is 5.67. The van der Waals surface area contributed by atoms with Crippen LogP contribution in [-0.4, -0.2) is 23.2 Å². The molecule has 2 aromatic heterocycles. The summed E-state index contributed by atoms with van der Waals surface area (Å²) >= 11 is 0. The van der Waals surface area contributed by atoms with Crippen LogP contribution < -0.4 is 19.1 Å². The molecule has 1 saturated carbocycles. The summed E-state index contributed by atoms with van der Waals surface area (Å²) in [4.78, 5) is 11.1. The van der Waals surface area contributed by atoms with E-state index in [1.165, 1.54) is 12.8 Å². The molecule has 0 amide bonds. The Bertz CT molecular complexity index is 1290. The third kappa shape index (κ3) is 6.39. The molecule has 0 aliphatic heterocycles. The van der Waals surface area contributed by atoms with Crippen LogP contribution >= 0.6 is 0 Å². The Hall–Kier alpha value is -4.06. The van der Waals surface area contributed by atoms with Crippen LogP contribution in [0, 0.1) is 6.92 Å². The van der Waals surface area contributed by atoms with E-state index in [4.69, 9.17) is 14.2 Å². The fourth-order valence-corrected chi connectivity index (χ4v) is 4.68. The summed E-state index contributed by atoms with van der Waals surface area (Å²) in [6.07, 6.45) is 8.55. The largest absolute Gasteiger partial charge is 0.493 e. The van der Waals surface area contributed by atoms with Crippen molar-refractivity contribution in [3.63, 3.8) is 0 Å². The summed E-state index contributed by atoms with van der Waals surface area (Å²) < 4.78 is 18.0. The van der Waals surface area contributed by atoms with Gasteiger partial charge in [0, 0.05) is 42.1 Å². The van der Waals surface area contributed by atoms with Crippen LogP contribution in [0.3, 0.4) is 0 Å². The molecular weight excluding hydrogens is 462 g/mol. The molecule has 1 fully saturated rings. The van der Waals surface area contributed by atoms with Crippen LogP contribution in [0.5, 0.6) is 17.2 Å². The number of aryl methyl sites for hydroxylation is 1. The molecule has 0 N–H and O–H groups in total. The Balaban J connectivity index is 1.40. The van der Waals surface area contributed by atoms with Gasteiger partial charge in [-0.2, -0.15) is 0 Å². The molecule has 4 aromatic rings. The van der Waals surface area contributed by atoms with Crippen LogP contribution in [0.25, 0.3) is 0 Å². The zero-order chi connectivity index (χ0) is 25.5. The first-order valence-corrected chi connectivity index (χ1v) is 12.8. The van der Waals surface area contributed by atoms with E-state index in [9.17, 15) is 0 Å². The molecule has 2 aromatic carbocycles. The van der Waals surface area contributed by atoms with Crippen LogP contribution in [-0.2, 0) is 13.2 Å². The lowest BCUT2D eigenvalue weighted by molar-refractivity contribution is 0.201. The Morgan fingerprint density at radius 2 is 1.70 bits per heavy atom. The highest BCUT2D eigenvalue weighted by Crippen LogP contribution is 2.38. The maximum Gasteiger partial charge on any atom is 0.163 e. The topological polar surface area (TPSA) is 56.7 Å². The number of hydrogen-bond donors (Lipinski definition) is 0. The lowest BCUT2D eigenvalue weighted by atomic mass is 10.1. The second-order valence-corrected chi connectivity index (χ2v) is 9.36. The van der Waals surface area contributed by atoms with Gasteiger partial charge in [-0.25, -0.2) is 0 Å². The van der Waals surface area contributed by atoms with E-state index in [2.05, 4.69) is 45.2 Å². The number of pyridine rings is 2. The molecule has 1 aliphatic rings. The lowest BCUT2D eigenvalue weighted by Gasteiger charge is -2.27. The highest BCUT2D eigenvalue weighted by Gasteiger charge is 2.20. The number of anilines is 2. The maximum absolute atomic E-state index is 6.39. The average molecular weight is 496 g/mol. The first-order chi connectivity index (χ1) is 18.2. The molecule has 6 nitrogen and oxygen atoms in total. The van der Waals surface area contributed by atoms with Gasteiger partial charge < -0.3 is 19.1 Å². The number of ether oxygens (including phenoxy) is 3. The van der Waals surface area contributed by atoms with E-state index >= 15 is 0 Å². The number of methoxy groups -OCH3 is 1. The molecule has 1 aliphatic carbocycles. The Morgan fingerprint density at radius 1 is 0.892 bits per heavy atom. The molecule has 0 saturated heterocycles. The van der Waals surface area contributed by atoms with Gasteiger partial charge >= 0.3 is 0 Å². The van der Waals surface area contributed by atoms with Crippen molar-refractivity contribution in [2.75, 3.05) is 12.0 Å². The molecular formula is C31H33N3O3. The van der Waals surface area contributed by atoms with Crippen molar-refractivity contribution >= 4 is 11.4 Å². The second-order valence-electron chi connectivity index (χ2n) is 9.36. The molecule has 0 atom stereocenters. The van der Waals surface area contributed by atoms with Crippen molar-refractivity contribution in [1.82, 2.24) is 9.97 Å². The van der Waals surface area contributed by atoms with Crippen molar-refractivity contribution in [3.05, 3.63) is 102 Å². The molecule has 0 spiro atoms. The van der Waals surface area contributed by atoms with E-state index in [-0.39, 0.29) is 6.10 Å². The van der Waals surface area contributed by atoms with Gasteiger partial charge in [0.05, 0.1) is 18.9 Å². The van der Waals surface area contributed by atoms with Crippen LogP contribution in [0.2, 0.25) is 0 Å². The molecule has 190 valence electrons. The first-order valence-electron chi connectivity index (χ1n) is 12.8. The molecule has 37 heavy (non-hydrogen) atoms. The normalized spacial score (nSPS) is 13.4. The first kappa shape index (κ1) is 24.6. The molecule has 2 heterocycles. The van der Waals surface area contributed by atoms with Gasteiger partial charge in [0.15, 0.2) is 11.5 Å². The van der Waals surface area contributed by atoms with E-state index in [1.54, 1.807) is 13.3 Å². The van der Waals surface area contributed by atoms with Gasteiger partial charge in [0.2, 0.25) is 0 Å². The van der Waals surface area contributed by atoms with E-state index < -0.39 is 0 Å². The van der Waals surface area contributed by atoms with Gasteiger partial charge in [0.25, 0.3) is 0 Å². The fourth-order valence-electron chi connectivity index (χ4n) is 4.68. The SMILES string of the molecule is COc1ccc(N(Cc2cccnc2)c2ccc(OCc3cccc(C)n3)cc2)cc1OC1CCCC1. The van der Waals surface area contributed by atoms with Crippen molar-refractivity contribution in [3.8, 4) is 17.2 Å². The zero-order valence-electron chi connectivity index (χ0n) is 21.5. The van der Waals surface area contributed by atoms with Gasteiger partial charge in [-0.3, -0.25) is 9.97 Å². The third-order valence-electron chi connectivity index (χ3n) is 6.60. The Labute approximate surface area is 218 Å². The van der Waals surface area contributed by atoms with Crippen molar-refractivity contribution in [2.45, 2.75) is 51.9 Å². The van der Waals surface area contributed by atoms with Crippen LogP contribution in [0.1, 0.15) is 42.6 Å². The summed E-state index contributed by atoms with van der Waals surface area (Å²) in [5.41, 5.74) is 5.08. The molecule has 6 heteroatoms. The van der Waals surface area contributed by atoms with Gasteiger partial charge in [0.1, 0.15) is 12.4 Å². The molecule has 0 radical (unpaired) electrons. The predicted molar refractivity (Wildman–Crippen MR) is 146 cm³/mol. The monoisotopic (exact) mass is 495 g/mol. The Kier molecular flexibility index (Phi) is 7.84. The molecule has 0 unspecified atom stereocenters. The van der Waals surface area contributed by atoms with E-state index in [0.29, 0.717) is 13.2 Å². The summed E-state index contributed by atoms with van der Waals surface area (Å²) in [7, 11) is 1.69. The van der Waals surface area contributed by atoms with E-state index in [1.807, 2.05) is 55.6 Å². The highest BCUT2D eigenvalue weighted by atomic mass is 16.5. The minimum Gasteiger partial charge on any atom is -0.493 e. The number of benzene rings is 2. The number of rotatable bonds is 10.